The second-order valence-corrected chi connectivity index (χ2v) is 26.7. The first kappa shape index (κ1) is 56.4. The van der Waals surface area contributed by atoms with E-state index < -0.39 is 0 Å². The fourth-order valence-corrected chi connectivity index (χ4v) is 17.9. The molecule has 0 amide bonds. The highest BCUT2D eigenvalue weighted by Crippen LogP contribution is 2.60. The van der Waals surface area contributed by atoms with Gasteiger partial charge in [-0.1, -0.05) is 206 Å². The molecule has 11 nitrogen and oxygen atoms in total. The van der Waals surface area contributed by atoms with Crippen LogP contribution in [-0.4, -0.2) is 48.4 Å². The molecule has 0 fully saturated rings. The largest absolute Gasteiger partial charge is 0.334 e. The maximum Gasteiger partial charge on any atom is 0.138 e. The van der Waals surface area contributed by atoms with Crippen molar-refractivity contribution in [1.29, 1.82) is 0 Å². The summed E-state index contributed by atoms with van der Waals surface area (Å²) in [5.74, 6) is 2.17. The van der Waals surface area contributed by atoms with Crippen LogP contribution in [0.2, 0.25) is 0 Å². The van der Waals surface area contributed by atoms with Gasteiger partial charge in [0.15, 0.2) is 0 Å². The molecule has 11 aliphatic heterocycles. The molecule has 15 heterocycles. The molecule has 0 spiro atoms. The number of anilines is 4. The Morgan fingerprint density at radius 3 is 1.19 bits per heavy atom. The van der Waals surface area contributed by atoms with Crippen molar-refractivity contribution in [1.82, 2.24) is 29.7 Å². The predicted molar refractivity (Wildman–Crippen MR) is 401 cm³/mol. The summed E-state index contributed by atoms with van der Waals surface area (Å²) in [4.78, 5) is 42.2. The normalized spacial score (nSPS) is 17.4. The summed E-state index contributed by atoms with van der Waals surface area (Å²) < 4.78 is 0. The fourth-order valence-electron chi connectivity index (χ4n) is 17.9. The molecule has 0 bridgehead atoms. The van der Waals surface area contributed by atoms with Crippen LogP contribution in [0.5, 0.6) is 0 Å². The van der Waals surface area contributed by atoms with Gasteiger partial charge in [-0.15, -0.1) is 0 Å². The molecule has 0 saturated carbocycles. The highest BCUT2D eigenvalue weighted by molar-refractivity contribution is 5.99. The number of allylic oxidation sites excluding steroid dienone is 6. The maximum atomic E-state index is 4.75. The number of rotatable bonds is 0. The lowest BCUT2D eigenvalue weighted by molar-refractivity contribution is 0.344. The number of hydrogen-bond donors (Lipinski definition) is 0. The van der Waals surface area contributed by atoms with Gasteiger partial charge in [0.05, 0.1) is 69.7 Å². The first-order valence-electron chi connectivity index (χ1n) is 34.6. The molecule has 1 atom stereocenters. The van der Waals surface area contributed by atoms with Gasteiger partial charge in [0.1, 0.15) is 11.6 Å². The lowest BCUT2D eigenvalue weighted by atomic mass is 9.79. The first-order valence-corrected chi connectivity index (χ1v) is 34.6. The standard InChI is InChI=1S/2C23H15N3.C22H16N2.C21H15N3/c1-3-9-17-15(7-1)21-19(11-5-13-24-21)26-20-12-6-14-25-22(20)16-8-2-4-10-18(16)23(17)26;1-3-7-17-15(5-1)19-13-24-11-9-21(19)26-22-10-12-25-14-20(22)16-6-2-4-8-18(16)23(17)26;1-3-8-17-14(6-1)15-10-5-11-19(15)24-20-12-13-23-21(20)16-7-2-4-9-18(16)22(17)24;1-3-7-15-13(5-1)17-9-11-22-20(17)24-19(15)16-8-4-2-6-14(16)18-10-12-23-21(18)24/h2*1-14,23H;1-10,13,22H,11-12H2;1-8,11-12,19H,9-10H2. The molecule has 0 N–H and O–H groups in total. The van der Waals surface area contributed by atoms with Crippen molar-refractivity contribution in [2.45, 2.75) is 49.9 Å². The quantitative estimate of drug-likeness (QED) is 0.148. The Hall–Kier alpha value is -12.7. The minimum atomic E-state index is 0.135. The second-order valence-electron chi connectivity index (χ2n) is 26.7. The molecule has 472 valence electrons. The topological polar surface area (TPSA) is 102 Å². The third kappa shape index (κ3) is 8.23. The van der Waals surface area contributed by atoms with Crippen LogP contribution in [0.1, 0.15) is 117 Å². The summed E-state index contributed by atoms with van der Waals surface area (Å²) in [5, 5.41) is 0. The molecule has 12 aliphatic rings. The Bertz CT molecular complexity index is 5070. The van der Waals surface area contributed by atoms with E-state index in [0.29, 0.717) is 0 Å². The summed E-state index contributed by atoms with van der Waals surface area (Å²) in [6, 6.07) is 83.1. The monoisotopic (exact) mass is 1280 g/mol. The zero-order valence-electron chi connectivity index (χ0n) is 54.3. The van der Waals surface area contributed by atoms with E-state index >= 15 is 0 Å². The zero-order valence-corrected chi connectivity index (χ0v) is 54.3. The molecule has 1 aliphatic carbocycles. The average molecular weight is 1280 g/mol. The van der Waals surface area contributed by atoms with Crippen molar-refractivity contribution in [2.75, 3.05) is 9.80 Å². The van der Waals surface area contributed by atoms with Gasteiger partial charge in [0, 0.05) is 132 Å². The number of fused-ring (bicyclic) bond motifs is 40. The number of aromatic nitrogens is 4. The van der Waals surface area contributed by atoms with Gasteiger partial charge in [0.25, 0.3) is 0 Å². The molecular formula is C89H61N11. The molecule has 100 heavy (non-hydrogen) atoms. The van der Waals surface area contributed by atoms with Gasteiger partial charge in [0.2, 0.25) is 0 Å². The van der Waals surface area contributed by atoms with Crippen molar-refractivity contribution in [3.63, 3.8) is 0 Å². The van der Waals surface area contributed by atoms with Gasteiger partial charge in [-0.3, -0.25) is 29.8 Å². The third-order valence-electron chi connectivity index (χ3n) is 21.8. The maximum absolute atomic E-state index is 4.75. The van der Waals surface area contributed by atoms with E-state index in [4.69, 9.17) is 24.9 Å². The molecule has 8 aromatic carbocycles. The summed E-state index contributed by atoms with van der Waals surface area (Å²) in [6.45, 7) is 0. The summed E-state index contributed by atoms with van der Waals surface area (Å²) in [5.41, 5.74) is 38.2. The van der Waals surface area contributed by atoms with E-state index in [1.807, 2.05) is 61.7 Å². The van der Waals surface area contributed by atoms with Crippen LogP contribution in [-0.2, 0) is 0 Å². The van der Waals surface area contributed by atoms with E-state index in [9.17, 15) is 0 Å². The van der Waals surface area contributed by atoms with E-state index in [2.05, 4.69) is 266 Å². The number of hydrogen-bond acceptors (Lipinski definition) is 11. The van der Waals surface area contributed by atoms with Gasteiger partial charge in [-0.2, -0.15) is 0 Å². The van der Waals surface area contributed by atoms with Crippen molar-refractivity contribution in [3.8, 4) is 44.8 Å². The van der Waals surface area contributed by atoms with Crippen molar-refractivity contribution in [3.05, 3.63) is 370 Å². The molecule has 12 aromatic rings. The van der Waals surface area contributed by atoms with Crippen LogP contribution in [0.4, 0.5) is 22.7 Å². The van der Waals surface area contributed by atoms with Crippen LogP contribution in [0.25, 0.3) is 67.2 Å². The molecule has 11 heteroatoms. The molecule has 4 aromatic heterocycles. The highest BCUT2D eigenvalue weighted by atomic mass is 15.3. The lowest BCUT2D eigenvalue weighted by Crippen LogP contribution is -2.35. The van der Waals surface area contributed by atoms with E-state index in [-0.39, 0.29) is 24.2 Å². The summed E-state index contributed by atoms with van der Waals surface area (Å²) in [7, 11) is 0. The molecule has 0 saturated heterocycles. The average Bonchev–Trinajstić information content (AvgIpc) is 1.67. The molecule has 1 unspecified atom stereocenters. The minimum absolute atomic E-state index is 0.135. The minimum Gasteiger partial charge on any atom is -0.334 e. The third-order valence-corrected chi connectivity index (χ3v) is 21.8. The van der Waals surface area contributed by atoms with Gasteiger partial charge >= 0.3 is 0 Å². The summed E-state index contributed by atoms with van der Waals surface area (Å²) in [6.07, 6.45) is 25.9. The fraction of sp³-hybridized carbons (Fsp3) is 0.0899. The summed E-state index contributed by atoms with van der Waals surface area (Å²) >= 11 is 0. The molecule has 24 rings (SSSR count). The van der Waals surface area contributed by atoms with Crippen molar-refractivity contribution < 1.29 is 0 Å². The van der Waals surface area contributed by atoms with Gasteiger partial charge in [-0.25, -0.2) is 9.98 Å². The highest BCUT2D eigenvalue weighted by Gasteiger charge is 2.46. The SMILES string of the molecule is C1=CC2=C(C1)N1C3=C(N=CC3)c3ccccc3C1c1ccccc12.C1=NC2=C(C1)c1ccccc1C1c3ccccc3C3=C(N=CC3)N21.c1ccc2c(c1)-c1cnccc1N1c3ccncc3-c3ccccc3C21.c1ccc2c(c1)-c1ncccc1N1c3cccnc3-c3ccccc3C21. The van der Waals surface area contributed by atoms with Crippen LogP contribution < -0.4 is 9.80 Å². The molecular weight excluding hydrogens is 1220 g/mol. The smallest absolute Gasteiger partial charge is 0.138 e. The Kier molecular flexibility index (Phi) is 12.7. The second kappa shape index (κ2) is 22.4. The molecule has 0 radical (unpaired) electrons. The first-order chi connectivity index (χ1) is 49.7. The van der Waals surface area contributed by atoms with Gasteiger partial charge in [-0.05, 0) is 109 Å². The van der Waals surface area contributed by atoms with Crippen LogP contribution >= 0.6 is 0 Å². The Labute approximate surface area is 579 Å². The van der Waals surface area contributed by atoms with E-state index in [0.717, 1.165) is 60.1 Å². The number of aliphatic imine (C=N–C) groups is 3. The van der Waals surface area contributed by atoms with Crippen LogP contribution in [0, 0.1) is 0 Å². The van der Waals surface area contributed by atoms with Crippen LogP contribution in [0.3, 0.4) is 0 Å². The van der Waals surface area contributed by atoms with Crippen molar-refractivity contribution >= 4 is 63.8 Å². The van der Waals surface area contributed by atoms with Crippen LogP contribution in [0.15, 0.2) is 318 Å². The predicted octanol–water partition coefficient (Wildman–Crippen LogP) is 20.0. The van der Waals surface area contributed by atoms with Crippen molar-refractivity contribution in [2.24, 2.45) is 15.0 Å². The van der Waals surface area contributed by atoms with E-state index in [1.165, 1.54) is 145 Å². The van der Waals surface area contributed by atoms with E-state index in [1.54, 1.807) is 0 Å². The number of pyridine rings is 4. The Morgan fingerprint density at radius 1 is 0.280 bits per heavy atom. The Morgan fingerprint density at radius 2 is 0.670 bits per heavy atom. The number of nitrogens with zero attached hydrogens (tertiary/aromatic N) is 11. The zero-order chi connectivity index (χ0) is 65.5. The van der Waals surface area contributed by atoms with Gasteiger partial charge < -0.3 is 14.7 Å². The Balaban J connectivity index is 0.0000000873. The lowest BCUT2D eigenvalue weighted by Gasteiger charge is -2.44. The number of benzene rings is 8.